The first-order valence-electron chi connectivity index (χ1n) is 4.08. The zero-order valence-electron chi connectivity index (χ0n) is 7.82. The molecular weight excluding hydrogens is 213 g/mol. The first-order valence-corrected chi connectivity index (χ1v) is 4.46. The van der Waals surface area contributed by atoms with Crippen LogP contribution in [0.15, 0.2) is 24.3 Å². The fraction of sp³-hybridized carbons (Fsp3) is 0.400. The van der Waals surface area contributed by atoms with Gasteiger partial charge >= 0.3 is 6.18 Å². The molecule has 0 spiro atoms. The van der Waals surface area contributed by atoms with Crippen molar-refractivity contribution in [1.82, 2.24) is 0 Å². The lowest BCUT2D eigenvalue weighted by molar-refractivity contribution is -0.137. The third kappa shape index (κ3) is 2.64. The Hall–Kier alpha value is -0.700. The standard InChI is InChI=1S/C10H10ClF3/c1-9(2,11)7-4-3-5-8(6-7)10(12,13)14/h3-6H,1-2H3. The number of alkyl halides is 4. The molecule has 78 valence electrons. The van der Waals surface area contributed by atoms with Crippen LogP contribution in [0.2, 0.25) is 0 Å². The molecule has 0 aliphatic rings. The molecule has 0 fully saturated rings. The number of halogens is 4. The first kappa shape index (κ1) is 11.4. The molecule has 1 aromatic rings. The average molecular weight is 223 g/mol. The molecule has 1 aromatic carbocycles. The number of hydrogen-bond donors (Lipinski definition) is 0. The minimum absolute atomic E-state index is 0.467. The zero-order chi connectivity index (χ0) is 11.0. The van der Waals surface area contributed by atoms with Crippen molar-refractivity contribution in [2.75, 3.05) is 0 Å². The van der Waals surface area contributed by atoms with E-state index in [1.807, 2.05) is 0 Å². The third-order valence-corrected chi connectivity index (χ3v) is 2.09. The summed E-state index contributed by atoms with van der Waals surface area (Å²) in [6.07, 6.45) is -4.31. The van der Waals surface area contributed by atoms with E-state index in [1.54, 1.807) is 19.9 Å². The predicted molar refractivity (Wildman–Crippen MR) is 50.3 cm³/mol. The second kappa shape index (κ2) is 3.46. The molecule has 0 heterocycles. The quantitative estimate of drug-likeness (QED) is 0.626. The van der Waals surface area contributed by atoms with Gasteiger partial charge in [0.15, 0.2) is 0 Å². The molecule has 0 atom stereocenters. The molecule has 1 rings (SSSR count). The fourth-order valence-corrected chi connectivity index (χ4v) is 1.18. The van der Waals surface area contributed by atoms with Gasteiger partial charge in [-0.05, 0) is 31.5 Å². The lowest BCUT2D eigenvalue weighted by Gasteiger charge is -2.17. The van der Waals surface area contributed by atoms with E-state index in [1.165, 1.54) is 6.07 Å². The van der Waals surface area contributed by atoms with Crippen LogP contribution in [0.4, 0.5) is 13.2 Å². The maximum atomic E-state index is 12.3. The van der Waals surface area contributed by atoms with Crippen LogP contribution in [0.25, 0.3) is 0 Å². The minimum Gasteiger partial charge on any atom is -0.166 e. The van der Waals surface area contributed by atoms with Gasteiger partial charge in [-0.2, -0.15) is 13.2 Å². The van der Waals surface area contributed by atoms with E-state index < -0.39 is 16.6 Å². The van der Waals surface area contributed by atoms with Gasteiger partial charge in [-0.1, -0.05) is 12.1 Å². The molecule has 0 saturated carbocycles. The second-order valence-electron chi connectivity index (χ2n) is 3.55. The van der Waals surface area contributed by atoms with Crippen LogP contribution in [0, 0.1) is 0 Å². The highest BCUT2D eigenvalue weighted by Crippen LogP contribution is 2.34. The van der Waals surface area contributed by atoms with Crippen molar-refractivity contribution in [3.8, 4) is 0 Å². The van der Waals surface area contributed by atoms with Crippen LogP contribution < -0.4 is 0 Å². The van der Waals surface area contributed by atoms with Crippen molar-refractivity contribution in [2.45, 2.75) is 24.9 Å². The van der Waals surface area contributed by atoms with Crippen molar-refractivity contribution in [3.05, 3.63) is 35.4 Å². The largest absolute Gasteiger partial charge is 0.416 e. The summed E-state index contributed by atoms with van der Waals surface area (Å²) < 4.78 is 36.9. The van der Waals surface area contributed by atoms with Crippen LogP contribution in [-0.4, -0.2) is 0 Å². The van der Waals surface area contributed by atoms with Gasteiger partial charge in [-0.3, -0.25) is 0 Å². The van der Waals surface area contributed by atoms with Gasteiger partial charge in [-0.15, -0.1) is 11.6 Å². The molecule has 0 aliphatic carbocycles. The smallest absolute Gasteiger partial charge is 0.166 e. The third-order valence-electron chi connectivity index (χ3n) is 1.88. The Morgan fingerprint density at radius 2 is 1.57 bits per heavy atom. The Morgan fingerprint density at radius 3 is 2.00 bits per heavy atom. The summed E-state index contributed by atoms with van der Waals surface area (Å²) in [4.78, 5) is -0.777. The van der Waals surface area contributed by atoms with E-state index >= 15 is 0 Å². The molecule has 0 amide bonds. The van der Waals surface area contributed by atoms with Gasteiger partial charge in [0.25, 0.3) is 0 Å². The topological polar surface area (TPSA) is 0 Å². The van der Waals surface area contributed by atoms with Crippen molar-refractivity contribution >= 4 is 11.6 Å². The van der Waals surface area contributed by atoms with Crippen molar-refractivity contribution < 1.29 is 13.2 Å². The maximum absolute atomic E-state index is 12.3. The van der Waals surface area contributed by atoms with E-state index in [-0.39, 0.29) is 0 Å². The summed E-state index contributed by atoms with van der Waals surface area (Å²) in [5.41, 5.74) is -0.197. The summed E-state index contributed by atoms with van der Waals surface area (Å²) >= 11 is 5.91. The molecule has 14 heavy (non-hydrogen) atoms. The minimum atomic E-state index is -4.31. The summed E-state index contributed by atoms with van der Waals surface area (Å²) in [6, 6.07) is 5.06. The normalized spacial score (nSPS) is 13.0. The van der Waals surface area contributed by atoms with Gasteiger partial charge in [0.05, 0.1) is 10.4 Å². The lowest BCUT2D eigenvalue weighted by atomic mass is 10.00. The van der Waals surface area contributed by atoms with Crippen molar-refractivity contribution in [1.29, 1.82) is 0 Å². The van der Waals surface area contributed by atoms with Gasteiger partial charge in [0.2, 0.25) is 0 Å². The van der Waals surface area contributed by atoms with Gasteiger partial charge in [0, 0.05) is 0 Å². The highest BCUT2D eigenvalue weighted by Gasteiger charge is 2.31. The molecule has 0 N–H and O–H groups in total. The van der Waals surface area contributed by atoms with Gasteiger partial charge in [-0.25, -0.2) is 0 Å². The van der Waals surface area contributed by atoms with Crippen molar-refractivity contribution in [3.63, 3.8) is 0 Å². The number of rotatable bonds is 1. The second-order valence-corrected chi connectivity index (χ2v) is 4.50. The Kier molecular flexibility index (Phi) is 2.81. The van der Waals surface area contributed by atoms with Crippen LogP contribution in [-0.2, 0) is 11.1 Å². The lowest BCUT2D eigenvalue weighted by Crippen LogP contribution is -2.11. The van der Waals surface area contributed by atoms with E-state index in [2.05, 4.69) is 0 Å². The maximum Gasteiger partial charge on any atom is 0.416 e. The van der Waals surface area contributed by atoms with Crippen LogP contribution >= 0.6 is 11.6 Å². The van der Waals surface area contributed by atoms with E-state index in [4.69, 9.17) is 11.6 Å². The summed E-state index contributed by atoms with van der Waals surface area (Å²) in [5, 5.41) is 0. The van der Waals surface area contributed by atoms with E-state index in [0.29, 0.717) is 5.56 Å². The average Bonchev–Trinajstić information content (AvgIpc) is 2.01. The number of hydrogen-bond acceptors (Lipinski definition) is 0. The molecule has 0 nitrogen and oxygen atoms in total. The summed E-state index contributed by atoms with van der Waals surface area (Å²) in [6.45, 7) is 3.31. The van der Waals surface area contributed by atoms with Gasteiger partial charge in [0.1, 0.15) is 0 Å². The molecule has 0 saturated heterocycles. The fourth-order valence-electron chi connectivity index (χ4n) is 1.07. The molecule has 0 aliphatic heterocycles. The molecule has 4 heteroatoms. The monoisotopic (exact) mass is 222 g/mol. The van der Waals surface area contributed by atoms with E-state index in [9.17, 15) is 13.2 Å². The highest BCUT2D eigenvalue weighted by atomic mass is 35.5. The molecule has 0 aromatic heterocycles. The SMILES string of the molecule is CC(C)(Cl)c1cccc(C(F)(F)F)c1. The molecule has 0 radical (unpaired) electrons. The summed E-state index contributed by atoms with van der Waals surface area (Å²) in [5.74, 6) is 0. The van der Waals surface area contributed by atoms with Crippen LogP contribution in [0.1, 0.15) is 25.0 Å². The van der Waals surface area contributed by atoms with Crippen LogP contribution in [0.3, 0.4) is 0 Å². The molecular formula is C10H10ClF3. The molecule has 0 unspecified atom stereocenters. The molecule has 0 bridgehead atoms. The first-order chi connectivity index (χ1) is 6.21. The Morgan fingerprint density at radius 1 is 1.07 bits per heavy atom. The Balaban J connectivity index is 3.15. The Labute approximate surface area is 85.7 Å². The summed E-state index contributed by atoms with van der Waals surface area (Å²) in [7, 11) is 0. The zero-order valence-corrected chi connectivity index (χ0v) is 8.58. The number of benzene rings is 1. The Bertz CT molecular complexity index is 294. The van der Waals surface area contributed by atoms with Crippen molar-refractivity contribution in [2.24, 2.45) is 0 Å². The van der Waals surface area contributed by atoms with Crippen LogP contribution in [0.5, 0.6) is 0 Å². The van der Waals surface area contributed by atoms with Gasteiger partial charge < -0.3 is 0 Å². The predicted octanol–water partition coefficient (Wildman–Crippen LogP) is 4.18. The highest BCUT2D eigenvalue weighted by molar-refractivity contribution is 6.23. The van der Waals surface area contributed by atoms with E-state index in [0.717, 1.165) is 12.1 Å².